The molecule has 0 bridgehead atoms. The molecule has 5 heteroatoms. The zero-order valence-corrected chi connectivity index (χ0v) is 13.7. The summed E-state index contributed by atoms with van der Waals surface area (Å²) in [7, 11) is 2.07. The van der Waals surface area contributed by atoms with Crippen LogP contribution in [0.25, 0.3) is 0 Å². The highest BCUT2D eigenvalue weighted by atomic mass is 32.1. The topological polar surface area (TPSA) is 55.0 Å². The van der Waals surface area contributed by atoms with Crippen LogP contribution in [-0.4, -0.2) is 17.0 Å². The summed E-state index contributed by atoms with van der Waals surface area (Å²) in [6, 6.07) is 6.12. The fourth-order valence-electron chi connectivity index (χ4n) is 2.95. The molecule has 0 spiro atoms. The van der Waals surface area contributed by atoms with E-state index < -0.39 is 0 Å². The Morgan fingerprint density at radius 2 is 2.24 bits per heavy atom. The van der Waals surface area contributed by atoms with Gasteiger partial charge in [0.1, 0.15) is 0 Å². The van der Waals surface area contributed by atoms with E-state index in [1.807, 2.05) is 24.4 Å². The zero-order chi connectivity index (χ0) is 15.0. The molecule has 0 saturated heterocycles. The molecule has 0 aliphatic heterocycles. The Bertz CT molecular complexity index is 620. The van der Waals surface area contributed by atoms with Gasteiger partial charge in [-0.2, -0.15) is 0 Å². The van der Waals surface area contributed by atoms with Crippen LogP contribution in [-0.2, 0) is 13.0 Å². The van der Waals surface area contributed by atoms with Gasteiger partial charge >= 0.3 is 0 Å². The number of thiazole rings is 1. The van der Waals surface area contributed by atoms with Gasteiger partial charge in [0.15, 0.2) is 5.13 Å². The molecular weight excluding hydrogens is 280 g/mol. The number of fused-ring (bicyclic) bond motifs is 1. The van der Waals surface area contributed by atoms with Crippen LogP contribution in [0.4, 0.5) is 5.13 Å². The van der Waals surface area contributed by atoms with Crippen LogP contribution >= 0.6 is 11.3 Å². The van der Waals surface area contributed by atoms with E-state index in [9.17, 15) is 0 Å². The standard InChI is InChI=1S/C16H22N4S/c1-16(2)8-12(17)14-13(9-16)19-15(21-14)20(3)10-11-6-4-5-7-18-11/h4-7,12H,8-10,17H2,1-3H3. The SMILES string of the molecule is CN(Cc1ccccn1)c1nc2c(s1)C(N)CC(C)(C)C2. The van der Waals surface area contributed by atoms with Gasteiger partial charge in [-0.3, -0.25) is 4.98 Å². The fraction of sp³-hybridized carbons (Fsp3) is 0.500. The van der Waals surface area contributed by atoms with Gasteiger partial charge in [0.2, 0.25) is 0 Å². The minimum Gasteiger partial charge on any atom is -0.345 e. The van der Waals surface area contributed by atoms with Crippen LogP contribution in [0.2, 0.25) is 0 Å². The van der Waals surface area contributed by atoms with Gasteiger partial charge in [0, 0.05) is 24.2 Å². The molecule has 112 valence electrons. The highest BCUT2D eigenvalue weighted by Crippen LogP contribution is 2.43. The zero-order valence-electron chi connectivity index (χ0n) is 12.8. The van der Waals surface area contributed by atoms with Crippen molar-refractivity contribution < 1.29 is 0 Å². The Labute approximate surface area is 130 Å². The third kappa shape index (κ3) is 3.09. The molecule has 3 rings (SSSR count). The molecule has 1 atom stereocenters. The Kier molecular flexibility index (Phi) is 3.71. The van der Waals surface area contributed by atoms with E-state index in [2.05, 4.69) is 30.8 Å². The van der Waals surface area contributed by atoms with E-state index in [1.165, 1.54) is 10.6 Å². The third-order valence-corrected chi connectivity index (χ3v) is 5.27. The number of nitrogens with zero attached hydrogens (tertiary/aromatic N) is 3. The lowest BCUT2D eigenvalue weighted by Gasteiger charge is -2.32. The Morgan fingerprint density at radius 3 is 2.95 bits per heavy atom. The largest absolute Gasteiger partial charge is 0.345 e. The highest BCUT2D eigenvalue weighted by molar-refractivity contribution is 7.15. The summed E-state index contributed by atoms with van der Waals surface area (Å²) in [4.78, 5) is 12.6. The molecule has 0 fully saturated rings. The van der Waals surface area contributed by atoms with Gasteiger partial charge < -0.3 is 10.6 Å². The van der Waals surface area contributed by atoms with E-state index in [1.54, 1.807) is 11.3 Å². The van der Waals surface area contributed by atoms with E-state index in [0.29, 0.717) is 0 Å². The van der Waals surface area contributed by atoms with Crippen LogP contribution in [0.3, 0.4) is 0 Å². The number of hydrogen-bond acceptors (Lipinski definition) is 5. The molecule has 0 saturated carbocycles. The first kappa shape index (κ1) is 14.5. The first-order valence-corrected chi connectivity index (χ1v) is 8.12. The average Bonchev–Trinajstić information content (AvgIpc) is 2.82. The maximum atomic E-state index is 6.33. The summed E-state index contributed by atoms with van der Waals surface area (Å²) in [5.74, 6) is 0. The second kappa shape index (κ2) is 5.39. The second-order valence-corrected chi connectivity index (χ2v) is 7.65. The molecule has 0 aromatic carbocycles. The lowest BCUT2D eigenvalue weighted by Crippen LogP contribution is -2.28. The number of hydrogen-bond donors (Lipinski definition) is 1. The van der Waals surface area contributed by atoms with E-state index in [-0.39, 0.29) is 11.5 Å². The number of rotatable bonds is 3. The molecule has 21 heavy (non-hydrogen) atoms. The van der Waals surface area contributed by atoms with Crippen molar-refractivity contribution >= 4 is 16.5 Å². The van der Waals surface area contributed by atoms with Gasteiger partial charge in [-0.05, 0) is 30.4 Å². The highest BCUT2D eigenvalue weighted by Gasteiger charge is 2.33. The minimum atomic E-state index is 0.123. The maximum absolute atomic E-state index is 6.33. The van der Waals surface area contributed by atoms with Crippen molar-refractivity contribution in [1.82, 2.24) is 9.97 Å². The van der Waals surface area contributed by atoms with Gasteiger partial charge in [-0.25, -0.2) is 4.98 Å². The lowest BCUT2D eigenvalue weighted by molar-refractivity contribution is 0.282. The monoisotopic (exact) mass is 302 g/mol. The van der Waals surface area contributed by atoms with Crippen molar-refractivity contribution in [3.63, 3.8) is 0 Å². The Morgan fingerprint density at radius 1 is 1.43 bits per heavy atom. The first-order valence-electron chi connectivity index (χ1n) is 7.31. The normalized spacial score (nSPS) is 20.1. The third-order valence-electron chi connectivity index (χ3n) is 3.92. The molecule has 2 heterocycles. The van der Waals surface area contributed by atoms with Gasteiger partial charge in [-0.1, -0.05) is 31.3 Å². The van der Waals surface area contributed by atoms with Crippen molar-refractivity contribution in [2.45, 2.75) is 39.3 Å². The summed E-state index contributed by atoms with van der Waals surface area (Å²) in [5.41, 5.74) is 8.82. The average molecular weight is 302 g/mol. The minimum absolute atomic E-state index is 0.123. The summed E-state index contributed by atoms with van der Waals surface area (Å²) in [6.07, 6.45) is 3.88. The van der Waals surface area contributed by atoms with Crippen LogP contribution < -0.4 is 10.6 Å². The van der Waals surface area contributed by atoms with E-state index in [0.717, 1.165) is 30.2 Å². The summed E-state index contributed by atoms with van der Waals surface area (Å²) in [5, 5.41) is 1.04. The molecular formula is C16H22N4S. The predicted molar refractivity (Wildman–Crippen MR) is 87.5 cm³/mol. The molecule has 2 N–H and O–H groups in total. The number of anilines is 1. The molecule has 1 unspecified atom stereocenters. The smallest absolute Gasteiger partial charge is 0.185 e. The number of pyridine rings is 1. The van der Waals surface area contributed by atoms with Gasteiger partial charge in [-0.15, -0.1) is 0 Å². The van der Waals surface area contributed by atoms with Crippen molar-refractivity contribution in [2.24, 2.45) is 11.1 Å². The van der Waals surface area contributed by atoms with Crippen molar-refractivity contribution in [2.75, 3.05) is 11.9 Å². The lowest BCUT2D eigenvalue weighted by atomic mass is 9.77. The van der Waals surface area contributed by atoms with Crippen LogP contribution in [0.5, 0.6) is 0 Å². The molecule has 1 aliphatic rings. The fourth-order valence-corrected chi connectivity index (χ4v) is 3.99. The first-order chi connectivity index (χ1) is 9.94. The van der Waals surface area contributed by atoms with Crippen molar-refractivity contribution in [3.05, 3.63) is 40.7 Å². The summed E-state index contributed by atoms with van der Waals surface area (Å²) < 4.78 is 0. The van der Waals surface area contributed by atoms with E-state index in [4.69, 9.17) is 10.7 Å². The molecule has 2 aromatic rings. The summed E-state index contributed by atoms with van der Waals surface area (Å²) >= 11 is 1.73. The molecule has 0 radical (unpaired) electrons. The van der Waals surface area contributed by atoms with Crippen LogP contribution in [0.1, 0.15) is 42.6 Å². The van der Waals surface area contributed by atoms with Crippen LogP contribution in [0.15, 0.2) is 24.4 Å². The molecule has 1 aliphatic carbocycles. The predicted octanol–water partition coefficient (Wildman–Crippen LogP) is 3.15. The number of nitrogens with two attached hydrogens (primary N) is 1. The Hall–Kier alpha value is -1.46. The van der Waals surface area contributed by atoms with E-state index >= 15 is 0 Å². The van der Waals surface area contributed by atoms with Crippen molar-refractivity contribution in [3.8, 4) is 0 Å². The van der Waals surface area contributed by atoms with Crippen molar-refractivity contribution in [1.29, 1.82) is 0 Å². The van der Waals surface area contributed by atoms with Gasteiger partial charge in [0.25, 0.3) is 0 Å². The van der Waals surface area contributed by atoms with Crippen LogP contribution in [0, 0.1) is 5.41 Å². The Balaban J connectivity index is 1.81. The maximum Gasteiger partial charge on any atom is 0.185 e. The molecule has 4 nitrogen and oxygen atoms in total. The summed E-state index contributed by atoms with van der Waals surface area (Å²) in [6.45, 7) is 5.31. The van der Waals surface area contributed by atoms with Gasteiger partial charge in [0.05, 0.1) is 17.9 Å². The molecule has 2 aromatic heterocycles. The quantitative estimate of drug-likeness (QED) is 0.946. The number of aromatic nitrogens is 2. The molecule has 0 amide bonds. The second-order valence-electron chi connectivity index (χ2n) is 6.64.